The third-order valence-corrected chi connectivity index (χ3v) is 14.7. The van der Waals surface area contributed by atoms with E-state index in [1.54, 1.807) is 24.3 Å². The topological polar surface area (TPSA) is 71.1 Å². The maximum atomic E-state index is 12.3. The first-order chi connectivity index (χ1) is 15.7. The van der Waals surface area contributed by atoms with Crippen molar-refractivity contribution in [3.63, 3.8) is 0 Å². The van der Waals surface area contributed by atoms with Gasteiger partial charge >= 0.3 is 218 Å². The standard InChI is InChI=1S/C10H20O2.2C7H6O2.2Hg/c1-5-7-11-9(3)10(4)12-8-6-2;2*8-7(9)6-4-2-1-3-5-6;;/h9-10H,3-8H2,1-2H3;2*1-5H,(H,8,9);;/q;;;2*+1/p-2. The first-order valence-corrected chi connectivity index (χ1v) is 23.6. The molecule has 0 heterocycles. The SMILES string of the molecule is CCCOC([CH2][Hg][O]C(=O)c1ccccc1)C([CH2][Hg][O]C(=O)c1ccccc1)OCCC. The van der Waals surface area contributed by atoms with Crippen LogP contribution in [-0.2, 0) is 64.8 Å². The van der Waals surface area contributed by atoms with E-state index in [4.69, 9.17) is 14.8 Å². The maximum absolute atomic E-state index is 12.3. The van der Waals surface area contributed by atoms with Gasteiger partial charge in [-0.25, -0.2) is 0 Å². The van der Waals surface area contributed by atoms with Gasteiger partial charge in [-0.3, -0.25) is 0 Å². The molecule has 0 saturated heterocycles. The van der Waals surface area contributed by atoms with Crippen molar-refractivity contribution in [2.45, 2.75) is 46.8 Å². The van der Waals surface area contributed by atoms with Gasteiger partial charge in [-0.15, -0.1) is 0 Å². The molecule has 2 aromatic rings. The number of hydrogen-bond acceptors (Lipinski definition) is 6. The Hall–Kier alpha value is -0.830. The second kappa shape index (κ2) is 16.7. The fourth-order valence-electron chi connectivity index (χ4n) is 3.14. The van der Waals surface area contributed by atoms with Gasteiger partial charge in [0.25, 0.3) is 0 Å². The van der Waals surface area contributed by atoms with Crippen molar-refractivity contribution in [2.75, 3.05) is 13.2 Å². The molecule has 2 atom stereocenters. The van der Waals surface area contributed by atoms with Gasteiger partial charge in [0, 0.05) is 0 Å². The van der Waals surface area contributed by atoms with E-state index in [0.717, 1.165) is 20.7 Å². The van der Waals surface area contributed by atoms with Crippen molar-refractivity contribution >= 4 is 11.9 Å². The molecule has 0 saturated carbocycles. The molecular formula is C24H30Hg2O6. The molecule has 2 unspecified atom stereocenters. The molecule has 0 aliphatic carbocycles. The molecule has 0 spiro atoms. The van der Waals surface area contributed by atoms with Gasteiger partial charge in [0.1, 0.15) is 0 Å². The van der Waals surface area contributed by atoms with Gasteiger partial charge in [-0.2, -0.15) is 0 Å². The Kier molecular flexibility index (Phi) is 14.3. The van der Waals surface area contributed by atoms with E-state index in [0.29, 0.717) is 24.3 Å². The Morgan fingerprint density at radius 3 is 1.41 bits per heavy atom. The zero-order valence-corrected chi connectivity index (χ0v) is 30.0. The number of benzene rings is 2. The summed E-state index contributed by atoms with van der Waals surface area (Å²) in [4.78, 5) is 24.6. The van der Waals surface area contributed by atoms with Crippen molar-refractivity contribution in [3.8, 4) is 0 Å². The summed E-state index contributed by atoms with van der Waals surface area (Å²) >= 11 is -3.94. The third kappa shape index (κ3) is 10.4. The van der Waals surface area contributed by atoms with Crippen molar-refractivity contribution < 1.29 is 74.4 Å². The monoisotopic (exact) mass is 818 g/mol. The molecule has 6 nitrogen and oxygen atoms in total. The van der Waals surface area contributed by atoms with Crippen LogP contribution >= 0.6 is 0 Å². The van der Waals surface area contributed by atoms with Gasteiger partial charge in [0.05, 0.1) is 0 Å². The van der Waals surface area contributed by atoms with Crippen molar-refractivity contribution in [3.05, 3.63) is 71.8 Å². The zero-order valence-electron chi connectivity index (χ0n) is 19.0. The van der Waals surface area contributed by atoms with Crippen LogP contribution in [0, 0.1) is 0 Å². The van der Waals surface area contributed by atoms with Crippen LogP contribution in [0.15, 0.2) is 60.7 Å². The molecule has 0 aliphatic rings. The van der Waals surface area contributed by atoms with E-state index in [2.05, 4.69) is 13.8 Å². The molecule has 8 heteroatoms. The van der Waals surface area contributed by atoms with Crippen LogP contribution in [0.4, 0.5) is 0 Å². The van der Waals surface area contributed by atoms with Crippen molar-refractivity contribution in [2.24, 2.45) is 0 Å². The summed E-state index contributed by atoms with van der Waals surface area (Å²) in [6.07, 6.45) is 1.60. The van der Waals surface area contributed by atoms with Crippen LogP contribution in [0.5, 0.6) is 0 Å². The molecule has 0 N–H and O–H groups in total. The summed E-state index contributed by atoms with van der Waals surface area (Å²) in [5, 5.41) is 0. The molecule has 2 rings (SSSR count). The first kappa shape index (κ1) is 27.4. The third-order valence-electron chi connectivity index (χ3n) is 4.78. The summed E-state index contributed by atoms with van der Waals surface area (Å²) < 4.78 is 25.1. The minimum absolute atomic E-state index is 0.109. The van der Waals surface area contributed by atoms with Crippen molar-refractivity contribution in [1.82, 2.24) is 0 Å². The van der Waals surface area contributed by atoms with Gasteiger partial charge in [0.15, 0.2) is 0 Å². The minimum atomic E-state index is -1.97. The van der Waals surface area contributed by atoms with E-state index in [1.807, 2.05) is 36.4 Å². The zero-order chi connectivity index (χ0) is 23.0. The van der Waals surface area contributed by atoms with Gasteiger partial charge in [-0.1, -0.05) is 0 Å². The molecule has 0 aromatic heterocycles. The molecule has 32 heavy (non-hydrogen) atoms. The summed E-state index contributed by atoms with van der Waals surface area (Å²) in [5.41, 5.74) is 1.17. The fraction of sp³-hybridized carbons (Fsp3) is 0.417. The van der Waals surface area contributed by atoms with E-state index in [9.17, 15) is 9.59 Å². The molecule has 0 amide bonds. The second-order valence-electron chi connectivity index (χ2n) is 7.40. The Bertz CT molecular complexity index is 720. The summed E-state index contributed by atoms with van der Waals surface area (Å²) in [6.45, 7) is 5.41. The Balaban J connectivity index is 1.90. The van der Waals surface area contributed by atoms with E-state index in [-0.39, 0.29) is 24.1 Å². The number of hydrogen-bond donors (Lipinski definition) is 0. The normalized spacial score (nSPS) is 12.2. The molecule has 0 radical (unpaired) electrons. The quantitative estimate of drug-likeness (QED) is 0.233. The van der Waals surface area contributed by atoms with Crippen LogP contribution in [0.1, 0.15) is 47.4 Å². The Labute approximate surface area is 216 Å². The molecule has 0 fully saturated rings. The average molecular weight is 816 g/mol. The van der Waals surface area contributed by atoms with Gasteiger partial charge in [-0.05, 0) is 0 Å². The van der Waals surface area contributed by atoms with Crippen LogP contribution in [0.3, 0.4) is 0 Å². The molecule has 0 bridgehead atoms. The number of rotatable bonds is 15. The molecule has 166 valence electrons. The predicted molar refractivity (Wildman–Crippen MR) is 113 cm³/mol. The molecular weight excluding hydrogens is 785 g/mol. The summed E-state index contributed by atoms with van der Waals surface area (Å²) in [7, 11) is 0. The van der Waals surface area contributed by atoms with Gasteiger partial charge in [0.2, 0.25) is 0 Å². The molecule has 0 aliphatic heterocycles. The van der Waals surface area contributed by atoms with Crippen LogP contribution in [0.25, 0.3) is 0 Å². The first-order valence-electron chi connectivity index (χ1n) is 11.3. The van der Waals surface area contributed by atoms with E-state index >= 15 is 0 Å². The average Bonchev–Trinajstić information content (AvgIpc) is 2.84. The van der Waals surface area contributed by atoms with E-state index < -0.39 is 50.1 Å². The summed E-state index contributed by atoms with van der Waals surface area (Å²) in [5.74, 6) is -0.492. The Morgan fingerprint density at radius 1 is 0.688 bits per heavy atom. The van der Waals surface area contributed by atoms with Gasteiger partial charge < -0.3 is 0 Å². The number of carbonyl (C=O) groups excluding carboxylic acids is 2. The van der Waals surface area contributed by atoms with Crippen LogP contribution < -0.4 is 0 Å². The van der Waals surface area contributed by atoms with Crippen LogP contribution in [0.2, 0.25) is 7.86 Å². The molecule has 2 aromatic carbocycles. The van der Waals surface area contributed by atoms with E-state index in [1.165, 1.54) is 0 Å². The van der Waals surface area contributed by atoms with Crippen LogP contribution in [-0.4, -0.2) is 37.4 Å². The number of carbonyl (C=O) groups is 2. The summed E-state index contributed by atoms with van der Waals surface area (Å²) in [6, 6.07) is 18.2. The van der Waals surface area contributed by atoms with Crippen molar-refractivity contribution in [1.29, 1.82) is 0 Å². The Morgan fingerprint density at radius 2 is 1.06 bits per heavy atom. The fourth-order valence-corrected chi connectivity index (χ4v) is 12.8. The second-order valence-corrected chi connectivity index (χ2v) is 17.3. The number of ether oxygens (including phenoxy) is 2. The predicted octanol–water partition coefficient (Wildman–Crippen LogP) is 5.12.